The molecule has 5 nitrogen and oxygen atoms in total. The van der Waals surface area contributed by atoms with Crippen LogP contribution in [0.1, 0.15) is 22.8 Å². The van der Waals surface area contributed by atoms with Gasteiger partial charge in [-0.1, -0.05) is 0 Å². The molecule has 6 heteroatoms. The summed E-state index contributed by atoms with van der Waals surface area (Å²) in [5.41, 5.74) is 1.53. The van der Waals surface area contributed by atoms with E-state index in [2.05, 4.69) is 4.98 Å². The van der Waals surface area contributed by atoms with E-state index in [9.17, 15) is 14.4 Å². The van der Waals surface area contributed by atoms with Gasteiger partial charge in [0.05, 0.1) is 16.5 Å². The summed E-state index contributed by atoms with van der Waals surface area (Å²) >= 11 is 5.20. The van der Waals surface area contributed by atoms with E-state index < -0.39 is 17.0 Å². The fraction of sp³-hybridized carbons (Fsp3) is 0.154. The van der Waals surface area contributed by atoms with E-state index in [0.717, 1.165) is 5.56 Å². The Hall–Kier alpha value is -2.14. The molecule has 0 atom stereocenters. The molecule has 0 saturated heterocycles. The second-order valence-electron chi connectivity index (χ2n) is 4.08. The minimum absolute atomic E-state index is 0.0891. The molecule has 2 rings (SSSR count). The van der Waals surface area contributed by atoms with E-state index >= 15 is 0 Å². The molecule has 0 aliphatic carbocycles. The van der Waals surface area contributed by atoms with Crippen molar-refractivity contribution in [2.24, 2.45) is 0 Å². The lowest BCUT2D eigenvalue weighted by molar-refractivity contribution is -0.131. The maximum Gasteiger partial charge on any atom is 0.308 e. The number of ketones is 1. The highest BCUT2D eigenvalue weighted by atomic mass is 35.5. The summed E-state index contributed by atoms with van der Waals surface area (Å²) in [5, 5.41) is -0.713. The van der Waals surface area contributed by atoms with Gasteiger partial charge in [-0.2, -0.15) is 0 Å². The van der Waals surface area contributed by atoms with E-state index in [-0.39, 0.29) is 11.3 Å². The van der Waals surface area contributed by atoms with E-state index in [1.54, 1.807) is 12.1 Å². The highest BCUT2D eigenvalue weighted by Gasteiger charge is 2.21. The predicted molar refractivity (Wildman–Crippen MR) is 69.5 cm³/mol. The summed E-state index contributed by atoms with van der Waals surface area (Å²) in [6.45, 7) is 3.08. The van der Waals surface area contributed by atoms with Crippen LogP contribution in [0.4, 0.5) is 0 Å². The third-order valence-electron chi connectivity index (χ3n) is 2.56. The first kappa shape index (κ1) is 13.3. The Morgan fingerprint density at radius 2 is 1.95 bits per heavy atom. The molecule has 98 valence electrons. The number of Topliss-reactive ketones (excluding diaryl/α,β-unsaturated/α-hetero) is 1. The molecule has 1 aromatic heterocycles. The standard InChI is InChI=1S/C13H10ClNO4/c1-6-3-9-11(10(4-6)19-7(2)16)8(5-15-9)12(17)13(14)18/h3-5,15H,1-2H3. The van der Waals surface area contributed by atoms with E-state index in [4.69, 9.17) is 16.3 Å². The molecule has 2 aromatic rings. The van der Waals surface area contributed by atoms with Crippen LogP contribution in [-0.2, 0) is 9.59 Å². The van der Waals surface area contributed by atoms with Gasteiger partial charge in [-0.25, -0.2) is 0 Å². The Morgan fingerprint density at radius 3 is 2.53 bits per heavy atom. The van der Waals surface area contributed by atoms with Crippen LogP contribution >= 0.6 is 11.6 Å². The first-order valence-corrected chi connectivity index (χ1v) is 5.82. The van der Waals surface area contributed by atoms with Gasteiger partial charge in [-0.15, -0.1) is 0 Å². The number of aromatic amines is 1. The molecule has 0 spiro atoms. The smallest absolute Gasteiger partial charge is 0.308 e. The normalized spacial score (nSPS) is 10.5. The third kappa shape index (κ3) is 2.51. The van der Waals surface area contributed by atoms with Crippen LogP contribution in [0.5, 0.6) is 5.75 Å². The molecule has 0 radical (unpaired) electrons. The van der Waals surface area contributed by atoms with Gasteiger partial charge in [-0.3, -0.25) is 14.4 Å². The van der Waals surface area contributed by atoms with Crippen LogP contribution in [-0.4, -0.2) is 22.0 Å². The summed E-state index contributed by atoms with van der Waals surface area (Å²) in [5.74, 6) is -1.13. The van der Waals surface area contributed by atoms with Gasteiger partial charge in [0.2, 0.25) is 5.78 Å². The second kappa shape index (κ2) is 4.85. The van der Waals surface area contributed by atoms with Gasteiger partial charge in [-0.05, 0) is 36.2 Å². The number of fused-ring (bicyclic) bond motifs is 1. The number of halogens is 1. The average Bonchev–Trinajstić information content (AvgIpc) is 2.70. The fourth-order valence-corrected chi connectivity index (χ4v) is 1.99. The van der Waals surface area contributed by atoms with Crippen molar-refractivity contribution in [3.63, 3.8) is 0 Å². The number of ether oxygens (including phenoxy) is 1. The zero-order chi connectivity index (χ0) is 14.2. The molecule has 1 N–H and O–H groups in total. The number of esters is 1. The summed E-state index contributed by atoms with van der Waals surface area (Å²) < 4.78 is 5.07. The third-order valence-corrected chi connectivity index (χ3v) is 2.74. The monoisotopic (exact) mass is 279 g/mol. The number of benzene rings is 1. The number of rotatable bonds is 3. The van der Waals surface area contributed by atoms with Crippen molar-refractivity contribution in [2.45, 2.75) is 13.8 Å². The van der Waals surface area contributed by atoms with Gasteiger partial charge in [0.15, 0.2) is 0 Å². The molecular weight excluding hydrogens is 270 g/mol. The van der Waals surface area contributed by atoms with Crippen molar-refractivity contribution in [2.75, 3.05) is 0 Å². The number of hydrogen-bond acceptors (Lipinski definition) is 4. The number of aryl methyl sites for hydroxylation is 1. The van der Waals surface area contributed by atoms with E-state index in [1.807, 2.05) is 6.92 Å². The molecule has 0 fully saturated rings. The quantitative estimate of drug-likeness (QED) is 0.308. The zero-order valence-electron chi connectivity index (χ0n) is 10.2. The number of carbonyl (C=O) groups excluding carboxylic acids is 3. The van der Waals surface area contributed by atoms with Crippen LogP contribution < -0.4 is 4.74 Å². The van der Waals surface area contributed by atoms with Crippen LogP contribution in [0.25, 0.3) is 10.9 Å². The number of carbonyl (C=O) groups is 3. The Balaban J connectivity index is 2.71. The molecule has 0 saturated carbocycles. The number of H-pyrrole nitrogens is 1. The molecule has 0 unspecified atom stereocenters. The Labute approximate surface area is 113 Å². The van der Waals surface area contributed by atoms with Crippen LogP contribution in [0.2, 0.25) is 0 Å². The highest BCUT2D eigenvalue weighted by Crippen LogP contribution is 2.31. The lowest BCUT2D eigenvalue weighted by atomic mass is 10.1. The number of nitrogens with one attached hydrogen (secondary N) is 1. The summed E-state index contributed by atoms with van der Waals surface area (Å²) in [7, 11) is 0. The maximum atomic E-state index is 11.7. The average molecular weight is 280 g/mol. The number of hydrogen-bond donors (Lipinski definition) is 1. The highest BCUT2D eigenvalue weighted by molar-refractivity contribution is 6.83. The van der Waals surface area contributed by atoms with E-state index in [0.29, 0.717) is 10.9 Å². The van der Waals surface area contributed by atoms with Gasteiger partial charge < -0.3 is 9.72 Å². The van der Waals surface area contributed by atoms with Crippen LogP contribution in [0, 0.1) is 6.92 Å². The molecule has 0 amide bonds. The van der Waals surface area contributed by atoms with Gasteiger partial charge >= 0.3 is 5.97 Å². The zero-order valence-corrected chi connectivity index (χ0v) is 11.0. The van der Waals surface area contributed by atoms with E-state index in [1.165, 1.54) is 13.1 Å². The SMILES string of the molecule is CC(=O)Oc1cc(C)cc2[nH]cc(C(=O)C(=O)Cl)c12. The van der Waals surface area contributed by atoms with Crippen molar-refractivity contribution in [1.29, 1.82) is 0 Å². The first-order chi connectivity index (χ1) is 8.90. The Bertz CT molecular complexity index is 702. The van der Waals surface area contributed by atoms with Crippen molar-refractivity contribution in [3.05, 3.63) is 29.5 Å². The minimum atomic E-state index is -1.09. The lowest BCUT2D eigenvalue weighted by Gasteiger charge is -2.06. The molecule has 0 bridgehead atoms. The van der Waals surface area contributed by atoms with Crippen LogP contribution in [0.15, 0.2) is 18.3 Å². The lowest BCUT2D eigenvalue weighted by Crippen LogP contribution is -2.08. The summed E-state index contributed by atoms with van der Waals surface area (Å²) in [6.07, 6.45) is 1.37. The molecular formula is C13H10ClNO4. The topological polar surface area (TPSA) is 76.2 Å². The largest absolute Gasteiger partial charge is 0.426 e. The molecule has 0 aliphatic heterocycles. The number of aromatic nitrogens is 1. The molecule has 19 heavy (non-hydrogen) atoms. The van der Waals surface area contributed by atoms with Gasteiger partial charge in [0, 0.05) is 13.1 Å². The molecule has 1 heterocycles. The van der Waals surface area contributed by atoms with Crippen molar-refractivity contribution >= 4 is 39.5 Å². The van der Waals surface area contributed by atoms with Gasteiger partial charge in [0.1, 0.15) is 5.75 Å². The maximum absolute atomic E-state index is 11.7. The Morgan fingerprint density at radius 1 is 1.26 bits per heavy atom. The second-order valence-corrected chi connectivity index (χ2v) is 4.43. The van der Waals surface area contributed by atoms with Gasteiger partial charge in [0.25, 0.3) is 5.24 Å². The first-order valence-electron chi connectivity index (χ1n) is 5.44. The minimum Gasteiger partial charge on any atom is -0.426 e. The summed E-state index contributed by atoms with van der Waals surface area (Å²) in [4.78, 5) is 36.6. The Kier molecular flexibility index (Phi) is 3.40. The molecule has 0 aliphatic rings. The molecule has 1 aromatic carbocycles. The van der Waals surface area contributed by atoms with Crippen molar-refractivity contribution in [3.8, 4) is 5.75 Å². The van der Waals surface area contributed by atoms with Crippen molar-refractivity contribution in [1.82, 2.24) is 4.98 Å². The summed E-state index contributed by atoms with van der Waals surface area (Å²) in [6, 6.07) is 3.39. The fourth-order valence-electron chi connectivity index (χ4n) is 1.89. The van der Waals surface area contributed by atoms with Crippen LogP contribution in [0.3, 0.4) is 0 Å². The van der Waals surface area contributed by atoms with Crippen molar-refractivity contribution < 1.29 is 19.1 Å². The predicted octanol–water partition coefficient (Wildman–Crippen LogP) is 2.35.